The van der Waals surface area contributed by atoms with E-state index >= 15 is 0 Å². The van der Waals surface area contributed by atoms with Crippen molar-refractivity contribution in [2.45, 2.75) is 13.1 Å². The molecule has 6 nitrogen and oxygen atoms in total. The van der Waals surface area contributed by atoms with Gasteiger partial charge in [0.1, 0.15) is 0 Å². The summed E-state index contributed by atoms with van der Waals surface area (Å²) in [4.78, 5) is 8.35. The van der Waals surface area contributed by atoms with Gasteiger partial charge in [-0.1, -0.05) is 24.3 Å². The van der Waals surface area contributed by atoms with Crippen LogP contribution < -0.4 is 11.1 Å². The molecule has 0 saturated heterocycles. The summed E-state index contributed by atoms with van der Waals surface area (Å²) in [7, 11) is 1.65. The zero-order valence-electron chi connectivity index (χ0n) is 12.2. The van der Waals surface area contributed by atoms with Crippen molar-refractivity contribution in [2.75, 3.05) is 20.3 Å². The van der Waals surface area contributed by atoms with Gasteiger partial charge in [0.15, 0.2) is 5.96 Å². The van der Waals surface area contributed by atoms with Crippen molar-refractivity contribution in [3.8, 4) is 0 Å². The largest absolute Gasteiger partial charge is 0.383 e. The molecule has 21 heavy (non-hydrogen) atoms. The zero-order chi connectivity index (χ0) is 14.9. The fourth-order valence-corrected chi connectivity index (χ4v) is 1.93. The summed E-state index contributed by atoms with van der Waals surface area (Å²) in [6, 6.07) is 8.30. The minimum Gasteiger partial charge on any atom is -0.383 e. The Morgan fingerprint density at radius 2 is 2.29 bits per heavy atom. The summed E-state index contributed by atoms with van der Waals surface area (Å²) in [5, 5.41) is 3.00. The SMILES string of the molecule is COCCNC(N)=NCc1cccc(Cn2ccnc2)c1. The predicted octanol–water partition coefficient (Wildman–Crippen LogP) is 0.982. The molecular formula is C15H21N5O. The average Bonchev–Trinajstić information content (AvgIpc) is 2.99. The summed E-state index contributed by atoms with van der Waals surface area (Å²) >= 11 is 0. The topological polar surface area (TPSA) is 77.5 Å². The highest BCUT2D eigenvalue weighted by atomic mass is 16.5. The van der Waals surface area contributed by atoms with Crippen molar-refractivity contribution >= 4 is 5.96 Å². The third-order valence-electron chi connectivity index (χ3n) is 2.96. The van der Waals surface area contributed by atoms with Gasteiger partial charge < -0.3 is 20.4 Å². The highest BCUT2D eigenvalue weighted by Crippen LogP contribution is 2.08. The molecule has 1 aromatic heterocycles. The second-order valence-electron chi connectivity index (χ2n) is 4.68. The first-order valence-corrected chi connectivity index (χ1v) is 6.84. The lowest BCUT2D eigenvalue weighted by Crippen LogP contribution is -2.34. The summed E-state index contributed by atoms with van der Waals surface area (Å²) in [6.07, 6.45) is 5.53. The third-order valence-corrected chi connectivity index (χ3v) is 2.96. The van der Waals surface area contributed by atoms with Gasteiger partial charge in [0.25, 0.3) is 0 Å². The van der Waals surface area contributed by atoms with E-state index in [9.17, 15) is 0 Å². The fraction of sp³-hybridized carbons (Fsp3) is 0.333. The first kappa shape index (κ1) is 15.1. The maximum absolute atomic E-state index is 5.78. The van der Waals surface area contributed by atoms with Gasteiger partial charge in [0.2, 0.25) is 0 Å². The van der Waals surface area contributed by atoms with Gasteiger partial charge in [-0.2, -0.15) is 0 Å². The van der Waals surface area contributed by atoms with E-state index in [1.54, 1.807) is 13.3 Å². The molecule has 0 aliphatic carbocycles. The van der Waals surface area contributed by atoms with Crippen molar-refractivity contribution in [2.24, 2.45) is 10.7 Å². The fourth-order valence-electron chi connectivity index (χ4n) is 1.93. The molecule has 0 fully saturated rings. The van der Waals surface area contributed by atoms with Crippen molar-refractivity contribution < 1.29 is 4.74 Å². The minimum absolute atomic E-state index is 0.437. The molecule has 0 bridgehead atoms. The number of nitrogens with zero attached hydrogens (tertiary/aromatic N) is 3. The lowest BCUT2D eigenvalue weighted by molar-refractivity contribution is 0.204. The van der Waals surface area contributed by atoms with Crippen LogP contribution in [0.1, 0.15) is 11.1 Å². The molecule has 0 amide bonds. The number of rotatable bonds is 7. The van der Waals surface area contributed by atoms with Crippen LogP contribution in [0.4, 0.5) is 0 Å². The summed E-state index contributed by atoms with van der Waals surface area (Å²) in [5.74, 6) is 0.437. The molecule has 2 rings (SSSR count). The second-order valence-corrected chi connectivity index (χ2v) is 4.68. The summed E-state index contributed by atoms with van der Waals surface area (Å²) in [6.45, 7) is 2.63. The monoisotopic (exact) mass is 287 g/mol. The van der Waals surface area contributed by atoms with Crippen LogP contribution in [-0.4, -0.2) is 35.8 Å². The van der Waals surface area contributed by atoms with Gasteiger partial charge >= 0.3 is 0 Å². The highest BCUT2D eigenvalue weighted by molar-refractivity contribution is 5.77. The molecule has 2 aromatic rings. The van der Waals surface area contributed by atoms with Crippen LogP contribution in [0.3, 0.4) is 0 Å². The van der Waals surface area contributed by atoms with Crippen molar-refractivity contribution in [1.29, 1.82) is 0 Å². The van der Waals surface area contributed by atoms with Gasteiger partial charge in [-0.15, -0.1) is 0 Å². The highest BCUT2D eigenvalue weighted by Gasteiger charge is 1.98. The van der Waals surface area contributed by atoms with Crippen LogP contribution >= 0.6 is 0 Å². The van der Waals surface area contributed by atoms with E-state index in [4.69, 9.17) is 10.5 Å². The number of aromatic nitrogens is 2. The number of ether oxygens (including phenoxy) is 1. The van der Waals surface area contributed by atoms with E-state index in [1.165, 1.54) is 5.56 Å². The number of hydrogen-bond donors (Lipinski definition) is 2. The second kappa shape index (κ2) is 8.06. The van der Waals surface area contributed by atoms with Crippen LogP contribution in [0, 0.1) is 0 Å². The van der Waals surface area contributed by atoms with E-state index in [1.807, 2.05) is 29.2 Å². The quantitative estimate of drug-likeness (QED) is 0.452. The predicted molar refractivity (Wildman–Crippen MR) is 83.0 cm³/mol. The van der Waals surface area contributed by atoms with Gasteiger partial charge in [-0.25, -0.2) is 9.98 Å². The smallest absolute Gasteiger partial charge is 0.188 e. The van der Waals surface area contributed by atoms with Gasteiger partial charge in [-0.3, -0.25) is 0 Å². The van der Waals surface area contributed by atoms with Gasteiger partial charge in [-0.05, 0) is 11.1 Å². The number of benzene rings is 1. The minimum atomic E-state index is 0.437. The van der Waals surface area contributed by atoms with Crippen LogP contribution in [0.2, 0.25) is 0 Å². The normalized spacial score (nSPS) is 11.6. The van der Waals surface area contributed by atoms with Crippen LogP contribution in [0.15, 0.2) is 48.0 Å². The lowest BCUT2D eigenvalue weighted by atomic mass is 10.1. The number of imidazole rings is 1. The summed E-state index contributed by atoms with van der Waals surface area (Å²) in [5.41, 5.74) is 8.12. The van der Waals surface area contributed by atoms with Crippen LogP contribution in [0.5, 0.6) is 0 Å². The number of nitrogens with one attached hydrogen (secondary N) is 1. The van der Waals surface area contributed by atoms with E-state index in [2.05, 4.69) is 27.4 Å². The van der Waals surface area contributed by atoms with Gasteiger partial charge in [0, 0.05) is 32.6 Å². The molecule has 1 aromatic carbocycles. The maximum atomic E-state index is 5.78. The van der Waals surface area contributed by atoms with Crippen molar-refractivity contribution in [1.82, 2.24) is 14.9 Å². The molecule has 3 N–H and O–H groups in total. The molecule has 0 aliphatic rings. The van der Waals surface area contributed by atoms with E-state index in [0.717, 1.165) is 12.1 Å². The molecule has 112 valence electrons. The number of methoxy groups -OCH3 is 1. The lowest BCUT2D eigenvalue weighted by Gasteiger charge is -2.06. The molecule has 1 heterocycles. The number of aliphatic imine (C=N–C) groups is 1. The standard InChI is InChI=1S/C15H21N5O/c1-21-8-6-18-15(16)19-10-13-3-2-4-14(9-13)11-20-7-5-17-12-20/h2-5,7,9,12H,6,8,10-11H2,1H3,(H3,16,18,19). The first-order valence-electron chi connectivity index (χ1n) is 6.84. The molecule has 0 saturated carbocycles. The van der Waals surface area contributed by atoms with Crippen LogP contribution in [0.25, 0.3) is 0 Å². The third kappa shape index (κ3) is 5.27. The van der Waals surface area contributed by atoms with Crippen LogP contribution in [-0.2, 0) is 17.8 Å². The average molecular weight is 287 g/mol. The molecule has 0 unspecified atom stereocenters. The Kier molecular flexibility index (Phi) is 5.78. The molecule has 0 aliphatic heterocycles. The van der Waals surface area contributed by atoms with E-state index in [-0.39, 0.29) is 0 Å². The Balaban J connectivity index is 1.90. The first-order chi connectivity index (χ1) is 10.3. The number of hydrogen-bond acceptors (Lipinski definition) is 3. The van der Waals surface area contributed by atoms with E-state index < -0.39 is 0 Å². The zero-order valence-corrected chi connectivity index (χ0v) is 12.2. The Hall–Kier alpha value is -2.34. The summed E-state index contributed by atoms with van der Waals surface area (Å²) < 4.78 is 6.97. The number of nitrogens with two attached hydrogens (primary N) is 1. The molecule has 6 heteroatoms. The van der Waals surface area contributed by atoms with Crippen molar-refractivity contribution in [3.05, 3.63) is 54.1 Å². The Morgan fingerprint density at radius 1 is 1.43 bits per heavy atom. The number of guanidine groups is 1. The van der Waals surface area contributed by atoms with Crippen molar-refractivity contribution in [3.63, 3.8) is 0 Å². The Labute approximate surface area is 124 Å². The molecule has 0 radical (unpaired) electrons. The Bertz CT molecular complexity index is 565. The van der Waals surface area contributed by atoms with Gasteiger partial charge in [0.05, 0.1) is 19.5 Å². The Morgan fingerprint density at radius 3 is 3.05 bits per heavy atom. The molecule has 0 atom stereocenters. The molecular weight excluding hydrogens is 266 g/mol. The van der Waals surface area contributed by atoms with E-state index in [0.29, 0.717) is 25.7 Å². The maximum Gasteiger partial charge on any atom is 0.188 e. The molecule has 0 spiro atoms.